The van der Waals surface area contributed by atoms with E-state index in [-0.39, 0.29) is 37.6 Å². The van der Waals surface area contributed by atoms with Crippen LogP contribution in [0.2, 0.25) is 25.1 Å². The fourth-order valence-electron chi connectivity index (χ4n) is 1.00. The van der Waals surface area contributed by atoms with Crippen LogP contribution < -0.4 is 0 Å². The predicted octanol–water partition coefficient (Wildman–Crippen LogP) is 4.90. The molecule has 0 aromatic heterocycles. The standard InChI is InChI=1S/C8H4Cl6O3S/c9-1-2-17-18(15,16)8-6(13)4(11)3(10)5(12)7(8)14/h1-2H2. The van der Waals surface area contributed by atoms with Crippen LogP contribution in [0.1, 0.15) is 0 Å². The summed E-state index contributed by atoms with van der Waals surface area (Å²) < 4.78 is 28.3. The van der Waals surface area contributed by atoms with Gasteiger partial charge in [0.05, 0.1) is 31.7 Å². The molecule has 0 radical (unpaired) electrons. The minimum atomic E-state index is -4.22. The van der Waals surface area contributed by atoms with E-state index in [2.05, 4.69) is 4.18 Å². The number of hydrogen-bond donors (Lipinski definition) is 0. The van der Waals surface area contributed by atoms with Crippen molar-refractivity contribution in [1.29, 1.82) is 0 Å². The van der Waals surface area contributed by atoms with Gasteiger partial charge in [0, 0.05) is 5.88 Å². The van der Waals surface area contributed by atoms with Gasteiger partial charge in [-0.25, -0.2) is 0 Å². The highest BCUT2D eigenvalue weighted by atomic mass is 35.5. The lowest BCUT2D eigenvalue weighted by molar-refractivity contribution is 0.340. The fraction of sp³-hybridized carbons (Fsp3) is 0.250. The van der Waals surface area contributed by atoms with Crippen LogP contribution in [0, 0.1) is 0 Å². The maximum absolute atomic E-state index is 11.8. The van der Waals surface area contributed by atoms with Crippen LogP contribution in [0.25, 0.3) is 0 Å². The molecule has 18 heavy (non-hydrogen) atoms. The van der Waals surface area contributed by atoms with Crippen molar-refractivity contribution in [2.75, 3.05) is 12.5 Å². The summed E-state index contributed by atoms with van der Waals surface area (Å²) in [6, 6.07) is 0. The van der Waals surface area contributed by atoms with Gasteiger partial charge in [0.25, 0.3) is 10.1 Å². The molecule has 1 aromatic rings. The smallest absolute Gasteiger partial charge is 0.265 e. The molecule has 1 rings (SSSR count). The Hall–Kier alpha value is 0.870. The molecule has 102 valence electrons. The molecule has 0 saturated carbocycles. The highest BCUT2D eigenvalue weighted by molar-refractivity contribution is 7.87. The topological polar surface area (TPSA) is 43.4 Å². The number of benzene rings is 1. The maximum Gasteiger partial charge on any atom is 0.300 e. The molecule has 0 atom stereocenters. The molecule has 0 aliphatic rings. The van der Waals surface area contributed by atoms with Gasteiger partial charge in [0.15, 0.2) is 0 Å². The van der Waals surface area contributed by atoms with Crippen LogP contribution in [-0.2, 0) is 14.3 Å². The normalized spacial score (nSPS) is 11.9. The molecule has 0 aliphatic heterocycles. The van der Waals surface area contributed by atoms with E-state index in [1.807, 2.05) is 0 Å². The van der Waals surface area contributed by atoms with Crippen LogP contribution in [0.15, 0.2) is 4.90 Å². The molecular formula is C8H4Cl6O3S. The summed E-state index contributed by atoms with van der Waals surface area (Å²) >= 11 is 34.1. The number of hydrogen-bond acceptors (Lipinski definition) is 3. The third-order valence-corrected chi connectivity index (χ3v) is 5.78. The van der Waals surface area contributed by atoms with Crippen molar-refractivity contribution in [3.63, 3.8) is 0 Å². The Labute approximate surface area is 134 Å². The van der Waals surface area contributed by atoms with Crippen LogP contribution in [0.3, 0.4) is 0 Å². The molecule has 0 unspecified atom stereocenters. The average Bonchev–Trinajstić information content (AvgIpc) is 2.31. The Morgan fingerprint density at radius 2 is 1.22 bits per heavy atom. The average molecular weight is 393 g/mol. The third kappa shape index (κ3) is 3.30. The van der Waals surface area contributed by atoms with Crippen molar-refractivity contribution in [3.05, 3.63) is 25.1 Å². The van der Waals surface area contributed by atoms with Crippen molar-refractivity contribution >= 4 is 79.7 Å². The van der Waals surface area contributed by atoms with Crippen molar-refractivity contribution in [3.8, 4) is 0 Å². The first-order valence-corrected chi connectivity index (χ1v) is 8.04. The summed E-state index contributed by atoms with van der Waals surface area (Å²) in [5.74, 6) is -0.0243. The quantitative estimate of drug-likeness (QED) is 0.317. The molecule has 0 spiro atoms. The third-order valence-electron chi connectivity index (χ3n) is 1.74. The maximum atomic E-state index is 11.8. The van der Waals surface area contributed by atoms with Crippen LogP contribution in [0.5, 0.6) is 0 Å². The van der Waals surface area contributed by atoms with Gasteiger partial charge in [-0.3, -0.25) is 4.18 Å². The van der Waals surface area contributed by atoms with E-state index in [1.54, 1.807) is 0 Å². The minimum Gasteiger partial charge on any atom is -0.265 e. The number of halogens is 6. The van der Waals surface area contributed by atoms with Gasteiger partial charge in [0.2, 0.25) is 0 Å². The van der Waals surface area contributed by atoms with E-state index >= 15 is 0 Å². The van der Waals surface area contributed by atoms with E-state index in [9.17, 15) is 8.42 Å². The molecule has 0 saturated heterocycles. The second-order valence-electron chi connectivity index (χ2n) is 2.86. The van der Waals surface area contributed by atoms with Crippen LogP contribution in [-0.4, -0.2) is 20.9 Å². The van der Waals surface area contributed by atoms with Crippen molar-refractivity contribution in [1.82, 2.24) is 0 Å². The second kappa shape index (κ2) is 6.55. The van der Waals surface area contributed by atoms with Crippen molar-refractivity contribution in [2.24, 2.45) is 0 Å². The first-order chi connectivity index (χ1) is 8.24. The first-order valence-electron chi connectivity index (χ1n) is 4.20. The monoisotopic (exact) mass is 390 g/mol. The van der Waals surface area contributed by atoms with E-state index in [0.717, 1.165) is 0 Å². The largest absolute Gasteiger partial charge is 0.300 e. The molecule has 10 heteroatoms. The van der Waals surface area contributed by atoms with Crippen molar-refractivity contribution < 1.29 is 12.6 Å². The van der Waals surface area contributed by atoms with E-state index in [4.69, 9.17) is 69.6 Å². The zero-order valence-electron chi connectivity index (χ0n) is 8.31. The molecule has 0 N–H and O–H groups in total. The minimum absolute atomic E-state index is 0.0243. The summed E-state index contributed by atoms with van der Waals surface area (Å²) in [6.45, 7) is -0.242. The lowest BCUT2D eigenvalue weighted by Gasteiger charge is -2.12. The summed E-state index contributed by atoms with van der Waals surface area (Å²) in [5.41, 5.74) is 0. The molecule has 0 bridgehead atoms. The zero-order valence-corrected chi connectivity index (χ0v) is 13.7. The van der Waals surface area contributed by atoms with Gasteiger partial charge in [-0.05, 0) is 0 Å². The molecule has 1 aromatic carbocycles. The summed E-state index contributed by atoms with van der Waals surface area (Å²) in [6.07, 6.45) is 0. The molecule has 0 amide bonds. The Morgan fingerprint density at radius 1 is 0.833 bits per heavy atom. The van der Waals surface area contributed by atoms with Gasteiger partial charge in [-0.1, -0.05) is 58.0 Å². The van der Waals surface area contributed by atoms with Gasteiger partial charge >= 0.3 is 0 Å². The summed E-state index contributed by atoms with van der Waals surface area (Å²) in [7, 11) is -4.22. The Kier molecular flexibility index (Phi) is 6.16. The van der Waals surface area contributed by atoms with E-state index in [0.29, 0.717) is 0 Å². The van der Waals surface area contributed by atoms with Crippen LogP contribution in [0.4, 0.5) is 0 Å². The Morgan fingerprint density at radius 3 is 1.61 bits per heavy atom. The van der Waals surface area contributed by atoms with Gasteiger partial charge in [-0.2, -0.15) is 8.42 Å². The second-order valence-corrected chi connectivity index (χ2v) is 6.68. The lowest BCUT2D eigenvalue weighted by atomic mass is 10.3. The molecular weight excluding hydrogens is 389 g/mol. The van der Waals surface area contributed by atoms with Crippen LogP contribution >= 0.6 is 69.6 Å². The fourth-order valence-corrected chi connectivity index (χ4v) is 4.05. The van der Waals surface area contributed by atoms with Gasteiger partial charge < -0.3 is 0 Å². The predicted molar refractivity (Wildman–Crippen MR) is 75.3 cm³/mol. The molecule has 3 nitrogen and oxygen atoms in total. The molecule has 0 fully saturated rings. The SMILES string of the molecule is O=S(=O)(OCCCl)c1c(Cl)c(Cl)c(Cl)c(Cl)c1Cl. The molecule has 0 aliphatic carbocycles. The summed E-state index contributed by atoms with van der Waals surface area (Å²) in [4.78, 5) is -0.532. The van der Waals surface area contributed by atoms with Gasteiger partial charge in [0.1, 0.15) is 4.90 Å². The summed E-state index contributed by atoms with van der Waals surface area (Å²) in [5, 5.41) is -1.29. The number of rotatable bonds is 4. The van der Waals surface area contributed by atoms with E-state index < -0.39 is 15.0 Å². The molecule has 0 heterocycles. The van der Waals surface area contributed by atoms with E-state index in [1.165, 1.54) is 0 Å². The van der Waals surface area contributed by atoms with Crippen molar-refractivity contribution in [2.45, 2.75) is 4.90 Å². The highest BCUT2D eigenvalue weighted by Crippen LogP contribution is 2.46. The Balaban J connectivity index is 3.52. The Bertz CT molecular complexity index is 542. The number of alkyl halides is 1. The highest BCUT2D eigenvalue weighted by Gasteiger charge is 2.29. The lowest BCUT2D eigenvalue weighted by Crippen LogP contribution is -2.10. The van der Waals surface area contributed by atoms with Gasteiger partial charge in [-0.15, -0.1) is 11.6 Å². The first kappa shape index (κ1) is 16.9. The zero-order chi connectivity index (χ0) is 14.1.